The summed E-state index contributed by atoms with van der Waals surface area (Å²) < 4.78 is 15.3. The second-order valence-corrected chi connectivity index (χ2v) is 5.35. The quantitative estimate of drug-likeness (QED) is 0.705. The molecule has 0 unspecified atom stereocenters. The van der Waals surface area contributed by atoms with Gasteiger partial charge in [0.05, 0.1) is 17.9 Å². The van der Waals surface area contributed by atoms with Gasteiger partial charge in [-0.25, -0.2) is 9.07 Å². The minimum absolute atomic E-state index is 0.0360. The summed E-state index contributed by atoms with van der Waals surface area (Å²) in [6.07, 6.45) is 4.76. The van der Waals surface area contributed by atoms with Crippen molar-refractivity contribution in [3.63, 3.8) is 0 Å². The maximum atomic E-state index is 13.9. The molecule has 2 N–H and O–H groups in total. The van der Waals surface area contributed by atoms with Crippen LogP contribution in [0.25, 0.3) is 5.69 Å². The fraction of sp³-hybridized carbons (Fsp3) is 0.188. The minimum atomic E-state index is -0.535. The maximum Gasteiger partial charge on any atom is 0.238 e. The summed E-state index contributed by atoms with van der Waals surface area (Å²) in [4.78, 5) is 16.1. The molecule has 128 valence electrons. The van der Waals surface area contributed by atoms with E-state index in [0.29, 0.717) is 5.69 Å². The number of nitrogens with zero attached hydrogens (tertiary/aromatic N) is 5. The molecule has 1 atom stereocenters. The van der Waals surface area contributed by atoms with Gasteiger partial charge in [-0.15, -0.1) is 5.10 Å². The van der Waals surface area contributed by atoms with Gasteiger partial charge >= 0.3 is 0 Å². The SMILES string of the molecule is C[C@@H](NCC(=O)Nc1cc(-n2cnnn2)ccc1F)c1ccncc1. The number of rotatable bonds is 6. The van der Waals surface area contributed by atoms with Gasteiger partial charge in [-0.1, -0.05) is 0 Å². The number of hydrogen-bond donors (Lipinski definition) is 2. The first kappa shape index (κ1) is 16.7. The van der Waals surface area contributed by atoms with Crippen molar-refractivity contribution in [2.45, 2.75) is 13.0 Å². The largest absolute Gasteiger partial charge is 0.322 e. The zero-order valence-corrected chi connectivity index (χ0v) is 13.4. The van der Waals surface area contributed by atoms with Gasteiger partial charge in [0.1, 0.15) is 12.1 Å². The van der Waals surface area contributed by atoms with E-state index >= 15 is 0 Å². The fourth-order valence-electron chi connectivity index (χ4n) is 2.24. The van der Waals surface area contributed by atoms with Crippen LogP contribution in [0.1, 0.15) is 18.5 Å². The number of halogens is 1. The molecule has 1 amide bonds. The van der Waals surface area contributed by atoms with Crippen LogP contribution in [0.4, 0.5) is 10.1 Å². The Hall–Kier alpha value is -3.20. The number of aromatic nitrogens is 5. The number of nitrogens with one attached hydrogen (secondary N) is 2. The number of tetrazole rings is 1. The third-order valence-corrected chi connectivity index (χ3v) is 3.61. The molecule has 2 heterocycles. The van der Waals surface area contributed by atoms with Gasteiger partial charge in [-0.2, -0.15) is 0 Å². The molecule has 0 saturated heterocycles. The summed E-state index contributed by atoms with van der Waals surface area (Å²) in [6.45, 7) is 1.97. The number of amides is 1. The van der Waals surface area contributed by atoms with E-state index in [9.17, 15) is 9.18 Å². The first-order chi connectivity index (χ1) is 12.1. The van der Waals surface area contributed by atoms with Crippen LogP contribution in [-0.2, 0) is 4.79 Å². The average molecular weight is 341 g/mol. The molecule has 2 aromatic heterocycles. The molecule has 3 rings (SSSR count). The highest BCUT2D eigenvalue weighted by molar-refractivity contribution is 5.92. The van der Waals surface area contributed by atoms with Crippen LogP contribution < -0.4 is 10.6 Å². The van der Waals surface area contributed by atoms with Gasteiger partial charge in [-0.3, -0.25) is 9.78 Å². The highest BCUT2D eigenvalue weighted by Gasteiger charge is 2.11. The Bertz CT molecular complexity index is 839. The van der Waals surface area contributed by atoms with E-state index in [-0.39, 0.29) is 24.2 Å². The van der Waals surface area contributed by atoms with Gasteiger partial charge in [0.25, 0.3) is 0 Å². The Morgan fingerprint density at radius 1 is 1.28 bits per heavy atom. The van der Waals surface area contributed by atoms with Crippen molar-refractivity contribution >= 4 is 11.6 Å². The predicted molar refractivity (Wildman–Crippen MR) is 88.4 cm³/mol. The summed E-state index contributed by atoms with van der Waals surface area (Å²) >= 11 is 0. The molecule has 0 aliphatic carbocycles. The third-order valence-electron chi connectivity index (χ3n) is 3.61. The van der Waals surface area contributed by atoms with Crippen LogP contribution in [0.15, 0.2) is 49.1 Å². The summed E-state index contributed by atoms with van der Waals surface area (Å²) in [5.41, 5.74) is 1.62. The molecule has 3 aromatic rings. The maximum absolute atomic E-state index is 13.9. The molecule has 0 bridgehead atoms. The van der Waals surface area contributed by atoms with Crippen LogP contribution >= 0.6 is 0 Å². The number of benzene rings is 1. The molecule has 25 heavy (non-hydrogen) atoms. The fourth-order valence-corrected chi connectivity index (χ4v) is 2.24. The number of anilines is 1. The first-order valence-corrected chi connectivity index (χ1v) is 7.59. The van der Waals surface area contributed by atoms with Crippen LogP contribution in [0.5, 0.6) is 0 Å². The van der Waals surface area contributed by atoms with Crippen molar-refractivity contribution < 1.29 is 9.18 Å². The molecule has 9 heteroatoms. The second kappa shape index (κ2) is 7.58. The van der Waals surface area contributed by atoms with Gasteiger partial charge < -0.3 is 10.6 Å². The first-order valence-electron chi connectivity index (χ1n) is 7.59. The van der Waals surface area contributed by atoms with E-state index < -0.39 is 5.82 Å². The molecule has 0 saturated carbocycles. The van der Waals surface area contributed by atoms with E-state index in [1.54, 1.807) is 12.4 Å². The van der Waals surface area contributed by atoms with Crippen molar-refractivity contribution in [2.24, 2.45) is 0 Å². The van der Waals surface area contributed by atoms with Crippen molar-refractivity contribution in [3.05, 3.63) is 60.4 Å². The number of carbonyl (C=O) groups is 1. The molecule has 8 nitrogen and oxygen atoms in total. The van der Waals surface area contributed by atoms with Gasteiger partial charge in [0, 0.05) is 18.4 Å². The Morgan fingerprint density at radius 2 is 2.08 bits per heavy atom. The van der Waals surface area contributed by atoms with Crippen LogP contribution in [0.3, 0.4) is 0 Å². The Morgan fingerprint density at radius 3 is 2.80 bits per heavy atom. The lowest BCUT2D eigenvalue weighted by Crippen LogP contribution is -2.30. The van der Waals surface area contributed by atoms with Crippen LogP contribution in [-0.4, -0.2) is 37.6 Å². The van der Waals surface area contributed by atoms with Gasteiger partial charge in [0.2, 0.25) is 5.91 Å². The van der Waals surface area contributed by atoms with Crippen LogP contribution in [0, 0.1) is 5.82 Å². The summed E-state index contributed by atoms with van der Waals surface area (Å²) in [5.74, 6) is -0.888. The molecule has 0 fully saturated rings. The Labute approximate surface area is 143 Å². The normalized spacial score (nSPS) is 11.9. The van der Waals surface area contributed by atoms with Crippen molar-refractivity contribution in [2.75, 3.05) is 11.9 Å². The lowest BCUT2D eigenvalue weighted by Gasteiger charge is -2.14. The van der Waals surface area contributed by atoms with Crippen molar-refractivity contribution in [1.82, 2.24) is 30.5 Å². The standard InChI is InChI=1S/C16H16FN7O/c1-11(12-4-6-18-7-5-12)19-9-16(25)21-15-8-13(2-3-14(15)17)24-10-20-22-23-24/h2-8,10-11,19H,9H2,1H3,(H,21,25)/t11-/m1/s1. The number of carbonyl (C=O) groups excluding carboxylic acids is 1. The molecular formula is C16H16FN7O. The molecular weight excluding hydrogens is 325 g/mol. The van der Waals surface area contributed by atoms with E-state index in [1.807, 2.05) is 19.1 Å². The van der Waals surface area contributed by atoms with E-state index in [1.165, 1.54) is 29.2 Å². The van der Waals surface area contributed by atoms with E-state index in [2.05, 4.69) is 31.1 Å². The predicted octanol–water partition coefficient (Wildman–Crippen LogP) is 1.49. The molecule has 0 radical (unpaired) electrons. The van der Waals surface area contributed by atoms with E-state index in [0.717, 1.165) is 5.56 Å². The lowest BCUT2D eigenvalue weighted by molar-refractivity contribution is -0.115. The number of hydrogen-bond acceptors (Lipinski definition) is 6. The second-order valence-electron chi connectivity index (χ2n) is 5.35. The third kappa shape index (κ3) is 4.21. The van der Waals surface area contributed by atoms with Crippen LogP contribution in [0.2, 0.25) is 0 Å². The Kier molecular flexibility index (Phi) is 5.05. The molecule has 0 aliphatic heterocycles. The topological polar surface area (TPSA) is 97.6 Å². The molecule has 0 aliphatic rings. The van der Waals surface area contributed by atoms with Gasteiger partial charge in [-0.05, 0) is 53.2 Å². The zero-order valence-electron chi connectivity index (χ0n) is 13.4. The lowest BCUT2D eigenvalue weighted by atomic mass is 10.1. The Balaban J connectivity index is 1.62. The summed E-state index contributed by atoms with van der Waals surface area (Å²) in [6, 6.07) is 7.93. The highest BCUT2D eigenvalue weighted by atomic mass is 19.1. The molecule has 1 aromatic carbocycles. The molecule has 0 spiro atoms. The summed E-state index contributed by atoms with van der Waals surface area (Å²) in [7, 11) is 0. The summed E-state index contributed by atoms with van der Waals surface area (Å²) in [5, 5.41) is 16.4. The average Bonchev–Trinajstić information content (AvgIpc) is 3.17. The monoisotopic (exact) mass is 341 g/mol. The van der Waals surface area contributed by atoms with Crippen molar-refractivity contribution in [1.29, 1.82) is 0 Å². The number of pyridine rings is 1. The van der Waals surface area contributed by atoms with E-state index in [4.69, 9.17) is 0 Å². The smallest absolute Gasteiger partial charge is 0.238 e. The van der Waals surface area contributed by atoms with Gasteiger partial charge in [0.15, 0.2) is 0 Å². The zero-order chi connectivity index (χ0) is 17.6. The highest BCUT2D eigenvalue weighted by Crippen LogP contribution is 2.18. The van der Waals surface area contributed by atoms with Crippen molar-refractivity contribution in [3.8, 4) is 5.69 Å². The minimum Gasteiger partial charge on any atom is -0.322 e.